The van der Waals surface area contributed by atoms with Crippen molar-refractivity contribution in [2.45, 2.75) is 19.3 Å². The topological polar surface area (TPSA) is 82.0 Å². The summed E-state index contributed by atoms with van der Waals surface area (Å²) in [5.74, 6) is -1.16. The van der Waals surface area contributed by atoms with E-state index in [0.29, 0.717) is 18.7 Å². The van der Waals surface area contributed by atoms with Crippen LogP contribution in [0.1, 0.15) is 24.8 Å². The van der Waals surface area contributed by atoms with Gasteiger partial charge in [-0.3, -0.25) is 9.59 Å². The molecule has 0 aliphatic carbocycles. The van der Waals surface area contributed by atoms with Crippen LogP contribution in [0.2, 0.25) is 0 Å². The highest BCUT2D eigenvalue weighted by atomic mass is 16.3. The number of phenols is 1. The summed E-state index contributed by atoms with van der Waals surface area (Å²) in [7, 11) is 0. The van der Waals surface area contributed by atoms with E-state index in [9.17, 15) is 14.7 Å². The number of amides is 2. The Balaban J connectivity index is 1.86. The Morgan fingerprint density at radius 3 is 2.70 bits per heavy atom. The van der Waals surface area contributed by atoms with E-state index in [0.717, 1.165) is 19.3 Å². The van der Waals surface area contributed by atoms with Crippen molar-refractivity contribution in [3.63, 3.8) is 0 Å². The molecule has 0 atom stereocenters. The number of piperidine rings is 1. The molecule has 0 aromatic heterocycles. The minimum absolute atomic E-state index is 0.115. The molecule has 1 aliphatic rings. The van der Waals surface area contributed by atoms with Gasteiger partial charge >= 0.3 is 11.8 Å². The fourth-order valence-electron chi connectivity index (χ4n) is 2.06. The van der Waals surface area contributed by atoms with Gasteiger partial charge in [0, 0.05) is 13.1 Å². The molecule has 1 aromatic carbocycles. The van der Waals surface area contributed by atoms with Crippen LogP contribution in [0.4, 0.5) is 0 Å². The highest BCUT2D eigenvalue weighted by molar-refractivity contribution is 6.35. The molecule has 106 valence electrons. The lowest BCUT2D eigenvalue weighted by Gasteiger charge is -2.25. The van der Waals surface area contributed by atoms with E-state index in [1.54, 1.807) is 17.0 Å². The van der Waals surface area contributed by atoms with Crippen LogP contribution < -0.4 is 5.43 Å². The van der Waals surface area contributed by atoms with Crippen LogP contribution >= 0.6 is 0 Å². The summed E-state index contributed by atoms with van der Waals surface area (Å²) in [6, 6.07) is 6.43. The summed E-state index contributed by atoms with van der Waals surface area (Å²) >= 11 is 0. The first kappa shape index (κ1) is 14.0. The number of nitrogens with zero attached hydrogens (tertiary/aromatic N) is 2. The standard InChI is InChI=1S/C14H17N3O3/c18-12-6-4-5-11(9-12)10-15-16-13(19)14(20)17-7-2-1-3-8-17/h4-6,9-10,18H,1-3,7-8H2,(H,16,19)/b15-10-. The van der Waals surface area contributed by atoms with Crippen molar-refractivity contribution >= 4 is 18.0 Å². The number of rotatable bonds is 2. The van der Waals surface area contributed by atoms with Crippen molar-refractivity contribution < 1.29 is 14.7 Å². The van der Waals surface area contributed by atoms with Gasteiger partial charge in [-0.05, 0) is 37.0 Å². The molecule has 1 aromatic rings. The summed E-state index contributed by atoms with van der Waals surface area (Å²) in [5.41, 5.74) is 2.84. The molecule has 20 heavy (non-hydrogen) atoms. The maximum Gasteiger partial charge on any atom is 0.329 e. The van der Waals surface area contributed by atoms with Crippen LogP contribution in [0.25, 0.3) is 0 Å². The van der Waals surface area contributed by atoms with E-state index < -0.39 is 11.8 Å². The molecule has 2 rings (SSSR count). The Kier molecular flexibility index (Phi) is 4.70. The molecular weight excluding hydrogens is 258 g/mol. The molecule has 0 bridgehead atoms. The van der Waals surface area contributed by atoms with E-state index in [4.69, 9.17) is 0 Å². The summed E-state index contributed by atoms with van der Waals surface area (Å²) in [6.45, 7) is 1.26. The first-order chi connectivity index (χ1) is 9.66. The van der Waals surface area contributed by atoms with Crippen LogP contribution in [0.3, 0.4) is 0 Å². The largest absolute Gasteiger partial charge is 0.508 e. The van der Waals surface area contributed by atoms with Gasteiger partial charge in [-0.25, -0.2) is 5.43 Å². The van der Waals surface area contributed by atoms with Crippen molar-refractivity contribution in [2.24, 2.45) is 5.10 Å². The lowest BCUT2D eigenvalue weighted by molar-refractivity contribution is -0.146. The number of hydrogen-bond acceptors (Lipinski definition) is 4. The van der Waals surface area contributed by atoms with Gasteiger partial charge in [0.2, 0.25) is 0 Å². The predicted octanol–water partition coefficient (Wildman–Crippen LogP) is 0.855. The second-order valence-corrected chi connectivity index (χ2v) is 4.65. The van der Waals surface area contributed by atoms with Gasteiger partial charge < -0.3 is 10.0 Å². The average Bonchev–Trinajstić information content (AvgIpc) is 2.47. The van der Waals surface area contributed by atoms with Gasteiger partial charge in [0.1, 0.15) is 5.75 Å². The van der Waals surface area contributed by atoms with Crippen molar-refractivity contribution in [2.75, 3.05) is 13.1 Å². The smallest absolute Gasteiger partial charge is 0.329 e. The molecular formula is C14H17N3O3. The molecule has 1 fully saturated rings. The lowest BCUT2D eigenvalue weighted by Crippen LogP contribution is -2.43. The molecule has 1 aliphatic heterocycles. The predicted molar refractivity (Wildman–Crippen MR) is 74.3 cm³/mol. The number of phenolic OH excluding ortho intramolecular Hbond substituents is 1. The molecule has 6 nitrogen and oxygen atoms in total. The SMILES string of the molecule is O=C(N/N=C\c1cccc(O)c1)C(=O)N1CCCCC1. The summed E-state index contributed by atoms with van der Waals surface area (Å²) in [4.78, 5) is 25.0. The quantitative estimate of drug-likeness (QED) is 0.477. The van der Waals surface area contributed by atoms with E-state index in [-0.39, 0.29) is 5.75 Å². The first-order valence-electron chi connectivity index (χ1n) is 6.58. The highest BCUT2D eigenvalue weighted by Crippen LogP contribution is 2.09. The van der Waals surface area contributed by atoms with Gasteiger partial charge in [-0.15, -0.1) is 0 Å². The Hall–Kier alpha value is -2.37. The molecule has 6 heteroatoms. The fourth-order valence-corrected chi connectivity index (χ4v) is 2.06. The Labute approximate surface area is 117 Å². The number of aromatic hydroxyl groups is 1. The summed E-state index contributed by atoms with van der Waals surface area (Å²) < 4.78 is 0. The molecule has 0 radical (unpaired) electrons. The number of hydrogen-bond donors (Lipinski definition) is 2. The lowest BCUT2D eigenvalue weighted by atomic mass is 10.1. The summed E-state index contributed by atoms with van der Waals surface area (Å²) in [5, 5.41) is 13.0. The molecule has 0 saturated carbocycles. The average molecular weight is 275 g/mol. The number of carbonyl (C=O) groups is 2. The maximum atomic E-state index is 11.8. The Morgan fingerprint density at radius 1 is 1.25 bits per heavy atom. The van der Waals surface area contributed by atoms with Gasteiger partial charge in [-0.1, -0.05) is 12.1 Å². The van der Waals surface area contributed by atoms with Crippen molar-refractivity contribution in [3.8, 4) is 5.75 Å². The van der Waals surface area contributed by atoms with E-state index >= 15 is 0 Å². The highest BCUT2D eigenvalue weighted by Gasteiger charge is 2.22. The number of benzene rings is 1. The normalized spacial score (nSPS) is 15.3. The molecule has 0 spiro atoms. The number of carbonyl (C=O) groups excluding carboxylic acids is 2. The van der Waals surface area contributed by atoms with Gasteiger partial charge in [0.05, 0.1) is 6.21 Å². The van der Waals surface area contributed by atoms with E-state index in [1.807, 2.05) is 0 Å². The monoisotopic (exact) mass is 275 g/mol. The minimum atomic E-state index is -0.733. The molecule has 2 amide bonds. The molecule has 0 unspecified atom stereocenters. The zero-order valence-electron chi connectivity index (χ0n) is 11.1. The third kappa shape index (κ3) is 3.81. The van der Waals surface area contributed by atoms with Gasteiger partial charge in [0.15, 0.2) is 0 Å². The fraction of sp³-hybridized carbons (Fsp3) is 0.357. The second-order valence-electron chi connectivity index (χ2n) is 4.65. The first-order valence-corrected chi connectivity index (χ1v) is 6.58. The summed E-state index contributed by atoms with van der Waals surface area (Å²) in [6.07, 6.45) is 4.35. The zero-order valence-corrected chi connectivity index (χ0v) is 11.1. The Bertz CT molecular complexity index is 522. The van der Waals surface area contributed by atoms with Crippen LogP contribution in [0.15, 0.2) is 29.4 Å². The van der Waals surface area contributed by atoms with Crippen LogP contribution in [0.5, 0.6) is 5.75 Å². The Morgan fingerprint density at radius 2 is 2.00 bits per heavy atom. The number of likely N-dealkylation sites (tertiary alicyclic amines) is 1. The minimum Gasteiger partial charge on any atom is -0.508 e. The third-order valence-corrected chi connectivity index (χ3v) is 3.09. The molecule has 2 N–H and O–H groups in total. The number of hydrazone groups is 1. The van der Waals surface area contributed by atoms with Crippen molar-refractivity contribution in [1.29, 1.82) is 0 Å². The van der Waals surface area contributed by atoms with Crippen LogP contribution in [-0.2, 0) is 9.59 Å². The van der Waals surface area contributed by atoms with Crippen LogP contribution in [0, 0.1) is 0 Å². The van der Waals surface area contributed by atoms with Gasteiger partial charge in [0.25, 0.3) is 0 Å². The van der Waals surface area contributed by atoms with Crippen molar-refractivity contribution in [3.05, 3.63) is 29.8 Å². The molecule has 1 heterocycles. The molecule has 1 saturated heterocycles. The van der Waals surface area contributed by atoms with Gasteiger partial charge in [-0.2, -0.15) is 5.10 Å². The van der Waals surface area contributed by atoms with E-state index in [2.05, 4.69) is 10.5 Å². The van der Waals surface area contributed by atoms with Crippen LogP contribution in [-0.4, -0.2) is 41.1 Å². The van der Waals surface area contributed by atoms with E-state index in [1.165, 1.54) is 18.3 Å². The third-order valence-electron chi connectivity index (χ3n) is 3.09. The second kappa shape index (κ2) is 6.70. The number of nitrogens with one attached hydrogen (secondary N) is 1. The zero-order chi connectivity index (χ0) is 14.4. The maximum absolute atomic E-state index is 11.8. The van der Waals surface area contributed by atoms with Crippen molar-refractivity contribution in [1.82, 2.24) is 10.3 Å².